The van der Waals surface area contributed by atoms with Crippen molar-refractivity contribution in [3.8, 4) is 136 Å². The maximum absolute atomic E-state index is 12.4. The van der Waals surface area contributed by atoms with E-state index in [9.17, 15) is 39.6 Å². The number of carboxylic acid groups (broad SMARTS) is 4. The number of rotatable bonds is 60. The van der Waals surface area contributed by atoms with Gasteiger partial charge in [0.05, 0.1) is 164 Å². The third kappa shape index (κ3) is 29.4. The van der Waals surface area contributed by atoms with Gasteiger partial charge >= 0.3 is 23.9 Å². The molecule has 5 aromatic carbocycles. The molecule has 0 bridgehead atoms. The zero-order valence-electron chi connectivity index (χ0n) is 73.0. The van der Waals surface area contributed by atoms with Gasteiger partial charge < -0.3 is 115 Å². The molecule has 0 aliphatic carbocycles. The minimum Gasteiger partial charge on any atom is -0.488 e. The lowest BCUT2D eigenvalue weighted by atomic mass is 9.94. The predicted octanol–water partition coefficient (Wildman–Crippen LogP) is 13.6. The van der Waals surface area contributed by atoms with Crippen molar-refractivity contribution in [2.45, 2.75) is 13.2 Å². The number of nitrogens with zero attached hydrogens (tertiary/aromatic N) is 6. The van der Waals surface area contributed by atoms with Gasteiger partial charge in [-0.15, -0.1) is 0 Å². The highest BCUT2D eigenvalue weighted by Gasteiger charge is 2.25. The predicted molar refractivity (Wildman–Crippen MR) is 475 cm³/mol. The van der Waals surface area contributed by atoms with Crippen LogP contribution in [0, 0.1) is 0 Å². The first-order chi connectivity index (χ1) is 63.5. The fraction of sp³-hybridized carbons (Fsp3) is 0.333. The Morgan fingerprint density at radius 3 is 0.692 bits per heavy atom. The zero-order valence-corrected chi connectivity index (χ0v) is 73.0. The largest absolute Gasteiger partial charge is 0.488 e. The Hall–Kier alpha value is -13.2. The van der Waals surface area contributed by atoms with Crippen molar-refractivity contribution in [1.29, 1.82) is 0 Å². The molecule has 34 heteroatoms. The van der Waals surface area contributed by atoms with Gasteiger partial charge in [0.2, 0.25) is 11.5 Å². The maximum Gasteiger partial charge on any atom is 0.354 e. The fourth-order valence-corrected chi connectivity index (χ4v) is 12.8. The summed E-state index contributed by atoms with van der Waals surface area (Å²) in [4.78, 5) is 76.9. The second kappa shape index (κ2) is 52.3. The van der Waals surface area contributed by atoms with E-state index in [1.165, 1.54) is 24.3 Å². The maximum atomic E-state index is 12.4. The number of aromatic carboxylic acids is 4. The number of carboxylic acids is 4. The van der Waals surface area contributed by atoms with E-state index in [2.05, 4.69) is 19.9 Å². The molecule has 0 spiro atoms. The third-order valence-electron chi connectivity index (χ3n) is 19.1. The number of aromatic nitrogens is 6. The zero-order chi connectivity index (χ0) is 91.6. The van der Waals surface area contributed by atoms with Crippen molar-refractivity contribution in [3.63, 3.8) is 0 Å². The number of pyridine rings is 6. The summed E-state index contributed by atoms with van der Waals surface area (Å²) in [5.74, 6) is -2.64. The van der Waals surface area contributed by atoms with Gasteiger partial charge in [-0.05, 0) is 154 Å². The minimum atomic E-state index is -1.26. The van der Waals surface area contributed by atoms with Gasteiger partial charge in [-0.1, -0.05) is 72.8 Å². The molecule has 0 aliphatic rings. The van der Waals surface area contributed by atoms with Crippen LogP contribution in [-0.4, -0.2) is 275 Å². The number of carbonyl (C=O) groups is 4. The molecular formula is C96H104N6O28. The smallest absolute Gasteiger partial charge is 0.354 e. The molecule has 6 aromatic heterocycles. The molecule has 34 nitrogen and oxygen atoms in total. The van der Waals surface area contributed by atoms with Crippen LogP contribution in [0.5, 0.6) is 46.0 Å². The summed E-state index contributed by atoms with van der Waals surface area (Å²) in [5.41, 5.74) is 6.81. The third-order valence-corrected chi connectivity index (χ3v) is 19.1. The van der Waals surface area contributed by atoms with Crippen LogP contribution in [0.4, 0.5) is 0 Å². The molecule has 0 saturated heterocycles. The van der Waals surface area contributed by atoms with Crippen LogP contribution in [0.1, 0.15) is 53.1 Å². The molecule has 0 atom stereocenters. The Kier molecular flexibility index (Phi) is 39.2. The lowest BCUT2D eigenvalue weighted by molar-refractivity contribution is 0.0468. The van der Waals surface area contributed by atoms with E-state index in [4.69, 9.17) is 105 Å². The summed E-state index contributed by atoms with van der Waals surface area (Å²) >= 11 is 0. The summed E-state index contributed by atoms with van der Waals surface area (Å²) in [6.07, 6.45) is 0. The summed E-state index contributed by atoms with van der Waals surface area (Å²) in [6, 6.07) is 51.1. The van der Waals surface area contributed by atoms with Gasteiger partial charge in [-0.3, -0.25) is 0 Å². The topological polar surface area (TPSA) is 411 Å². The Morgan fingerprint density at radius 1 is 0.223 bits per heavy atom. The summed E-state index contributed by atoms with van der Waals surface area (Å²) in [6.45, 7) is 5.47. The van der Waals surface area contributed by atoms with E-state index in [1.807, 2.05) is 60.7 Å². The van der Waals surface area contributed by atoms with Crippen molar-refractivity contribution in [3.05, 3.63) is 216 Å². The van der Waals surface area contributed by atoms with Gasteiger partial charge in [-0.25, -0.2) is 49.1 Å². The second-order valence-corrected chi connectivity index (χ2v) is 28.2. The Balaban J connectivity index is 1.11. The molecule has 11 rings (SSSR count). The lowest BCUT2D eigenvalue weighted by Gasteiger charge is -2.21. The number of hydrogen-bond acceptors (Lipinski definition) is 30. The highest BCUT2D eigenvalue weighted by atomic mass is 16.6. The average Bonchev–Trinajstić information content (AvgIpc) is 0.772. The highest BCUT2D eigenvalue weighted by Crippen LogP contribution is 2.46. The van der Waals surface area contributed by atoms with E-state index in [0.717, 1.165) is 0 Å². The van der Waals surface area contributed by atoms with E-state index >= 15 is 0 Å². The first-order valence-electron chi connectivity index (χ1n) is 41.6. The number of benzene rings is 5. The van der Waals surface area contributed by atoms with Crippen LogP contribution >= 0.6 is 0 Å². The van der Waals surface area contributed by atoms with Crippen molar-refractivity contribution < 1.29 is 134 Å². The monoisotopic (exact) mass is 1790 g/mol. The van der Waals surface area contributed by atoms with Crippen LogP contribution in [-0.2, 0) is 70.1 Å². The Labute approximate surface area is 751 Å². The van der Waals surface area contributed by atoms with Crippen LogP contribution in [0.15, 0.2) is 182 Å². The van der Waals surface area contributed by atoms with Crippen LogP contribution in [0.3, 0.4) is 0 Å². The molecule has 0 radical (unpaired) electrons. The molecule has 686 valence electrons. The van der Waals surface area contributed by atoms with Crippen LogP contribution < -0.4 is 37.9 Å². The fourth-order valence-electron chi connectivity index (χ4n) is 12.8. The van der Waals surface area contributed by atoms with E-state index < -0.39 is 23.9 Å². The van der Waals surface area contributed by atoms with Gasteiger partial charge in [-0.2, -0.15) is 0 Å². The molecule has 0 saturated carbocycles. The SMILES string of the molecule is COCCOCCOc1cc(COc2cc(-c3ccc(-c4cc(-c5cccc(C(=O)O)n5)nc(-c5cccc(C(=O)O)n5)c4)cc3)c(OCc3cc(OCCOCCOC)c(OCCOCCOC)c(OCCOCCOC)c3)cc2-c2ccc(-c3cc(-c4cccc(C(=O)O)n4)nc(-c4cccc(C(=O)O)n4)c3)cc2)cc(OCCOCCOC)c1OCCOCCOC. The van der Waals surface area contributed by atoms with Crippen LogP contribution in [0.2, 0.25) is 0 Å². The van der Waals surface area contributed by atoms with E-state index in [-0.39, 0.29) is 172 Å². The second-order valence-electron chi connectivity index (χ2n) is 28.2. The summed E-state index contributed by atoms with van der Waals surface area (Å²) in [7, 11) is 9.51. The Morgan fingerprint density at radius 2 is 0.454 bits per heavy atom. The molecule has 0 aliphatic heterocycles. The molecule has 0 fully saturated rings. The highest BCUT2D eigenvalue weighted by molar-refractivity contribution is 5.90. The van der Waals surface area contributed by atoms with Crippen molar-refractivity contribution in [2.75, 3.05) is 201 Å². The first kappa shape index (κ1) is 97.4. The first-order valence-corrected chi connectivity index (χ1v) is 41.6. The van der Waals surface area contributed by atoms with Crippen molar-refractivity contribution in [1.82, 2.24) is 29.9 Å². The van der Waals surface area contributed by atoms with Crippen molar-refractivity contribution in [2.24, 2.45) is 0 Å². The van der Waals surface area contributed by atoms with Gasteiger partial charge in [0, 0.05) is 53.8 Å². The van der Waals surface area contributed by atoms with Crippen LogP contribution in [0.25, 0.3) is 90.1 Å². The lowest BCUT2D eigenvalue weighted by Crippen LogP contribution is -2.15. The molecule has 0 amide bonds. The Bertz CT molecular complexity index is 4920. The molecular weight excluding hydrogens is 1690 g/mol. The van der Waals surface area contributed by atoms with E-state index in [1.54, 1.807) is 140 Å². The molecule has 11 aromatic rings. The summed E-state index contributed by atoms with van der Waals surface area (Å²) in [5, 5.41) is 40.3. The quantitative estimate of drug-likeness (QED) is 0.0257. The number of methoxy groups -OCH3 is 6. The van der Waals surface area contributed by atoms with Crippen molar-refractivity contribution >= 4 is 23.9 Å². The molecule has 130 heavy (non-hydrogen) atoms. The minimum absolute atomic E-state index is 0.0866. The number of hydrogen-bond donors (Lipinski definition) is 4. The number of ether oxygens (including phenoxy) is 20. The van der Waals surface area contributed by atoms with E-state index in [0.29, 0.717) is 169 Å². The summed E-state index contributed by atoms with van der Waals surface area (Å²) < 4.78 is 120. The molecule has 0 unspecified atom stereocenters. The van der Waals surface area contributed by atoms with Gasteiger partial charge in [0.15, 0.2) is 23.0 Å². The normalized spacial score (nSPS) is 11.2. The van der Waals surface area contributed by atoms with Gasteiger partial charge in [0.1, 0.15) is 87.1 Å². The average molecular weight is 1790 g/mol. The van der Waals surface area contributed by atoms with Gasteiger partial charge in [0.25, 0.3) is 0 Å². The molecule has 4 N–H and O–H groups in total. The molecule has 6 heterocycles. The standard InChI is InChI=1S/C96H104N6O28/c1-111-27-33-117-39-45-123-87-51-63(52-88(124-46-40-118-34-28-112-2)91(87)127-49-43-121-37-31-115-5)61-129-85-59-72(68-25-21-66(22-26-68)70-57-83(75-13-9-17-79(99-75)95(107)108)102-84(58-70)76-14-10-18-80(100-76)96(109)110)86(130-62-64-53-89(125-47-41-119-35-29-113-3)92(128-50-44-122-38-32-116-6)90(54-64)126-48-42-120-36-30-114-4)60-71(85)67-23-19-65(20-24-67)69-55-81(73-11-7-15-77(97-73)93(103)104)101-82(56-69)74-12-8-16-78(98-74)94(105)106/h7-26,51-60H,27-50,61-62H2,1-6H3,(H,103,104)(H,105,106)(H,107,108)(H,109,110).